The lowest BCUT2D eigenvalue weighted by Gasteiger charge is -1.93. The molecule has 0 saturated heterocycles. The van der Waals surface area contributed by atoms with Crippen LogP contribution >= 0.6 is 24.0 Å². The summed E-state index contributed by atoms with van der Waals surface area (Å²) in [6, 6.07) is 7.88. The standard InChI is InChI=1S/C11H8O2S2/c12-11(13)9(14)5-7-6-15-10-4-2-1-3-8(7)10/h1-6,14H,(H,12,13)/b9-5-. The zero-order chi connectivity index (χ0) is 10.8. The molecule has 0 aliphatic heterocycles. The molecule has 0 fully saturated rings. The molecule has 1 aromatic carbocycles. The molecule has 0 aliphatic carbocycles. The molecule has 15 heavy (non-hydrogen) atoms. The monoisotopic (exact) mass is 236 g/mol. The molecule has 0 atom stereocenters. The summed E-state index contributed by atoms with van der Waals surface area (Å²) in [4.78, 5) is 10.7. The Hall–Kier alpha value is -1.26. The highest BCUT2D eigenvalue weighted by molar-refractivity contribution is 7.85. The molecule has 0 aliphatic rings. The number of fused-ring (bicyclic) bond motifs is 1. The quantitative estimate of drug-likeness (QED) is 0.620. The summed E-state index contributed by atoms with van der Waals surface area (Å²) in [6.07, 6.45) is 1.57. The van der Waals surface area contributed by atoms with Crippen molar-refractivity contribution in [3.8, 4) is 0 Å². The van der Waals surface area contributed by atoms with E-state index in [1.165, 1.54) is 0 Å². The van der Waals surface area contributed by atoms with Crippen LogP contribution in [0.15, 0.2) is 34.6 Å². The molecule has 0 amide bonds. The molecule has 2 aromatic rings. The van der Waals surface area contributed by atoms with E-state index in [4.69, 9.17) is 5.11 Å². The third-order valence-electron chi connectivity index (χ3n) is 2.02. The number of carboxylic acid groups (broad SMARTS) is 1. The van der Waals surface area contributed by atoms with Gasteiger partial charge in [0, 0.05) is 4.70 Å². The van der Waals surface area contributed by atoms with Crippen LogP contribution in [-0.2, 0) is 4.79 Å². The number of benzene rings is 1. The predicted octanol–water partition coefficient (Wildman–Crippen LogP) is 3.26. The van der Waals surface area contributed by atoms with E-state index in [0.29, 0.717) is 0 Å². The highest BCUT2D eigenvalue weighted by Crippen LogP contribution is 2.27. The summed E-state index contributed by atoms with van der Waals surface area (Å²) < 4.78 is 1.15. The molecule has 0 unspecified atom stereocenters. The topological polar surface area (TPSA) is 37.3 Å². The zero-order valence-electron chi connectivity index (χ0n) is 7.68. The second-order valence-corrected chi connectivity index (χ2v) is 4.41. The van der Waals surface area contributed by atoms with Crippen molar-refractivity contribution in [2.75, 3.05) is 0 Å². The first-order valence-corrected chi connectivity index (χ1v) is 5.61. The van der Waals surface area contributed by atoms with Crippen LogP contribution in [0.4, 0.5) is 0 Å². The van der Waals surface area contributed by atoms with Gasteiger partial charge in [0.05, 0.1) is 4.91 Å². The number of rotatable bonds is 2. The van der Waals surface area contributed by atoms with Crippen molar-refractivity contribution in [1.29, 1.82) is 0 Å². The molecular formula is C11H8O2S2. The van der Waals surface area contributed by atoms with E-state index in [1.54, 1.807) is 17.4 Å². The number of thiophene rings is 1. The van der Waals surface area contributed by atoms with Gasteiger partial charge >= 0.3 is 5.97 Å². The minimum atomic E-state index is -1.01. The lowest BCUT2D eigenvalue weighted by molar-refractivity contribution is -0.131. The van der Waals surface area contributed by atoms with Crippen LogP contribution in [0.3, 0.4) is 0 Å². The van der Waals surface area contributed by atoms with Crippen molar-refractivity contribution in [2.45, 2.75) is 0 Å². The van der Waals surface area contributed by atoms with Crippen LogP contribution < -0.4 is 0 Å². The number of carbonyl (C=O) groups is 1. The summed E-state index contributed by atoms with van der Waals surface area (Å²) in [6.45, 7) is 0. The lowest BCUT2D eigenvalue weighted by atomic mass is 10.1. The number of hydrogen-bond donors (Lipinski definition) is 2. The fourth-order valence-electron chi connectivity index (χ4n) is 1.32. The average Bonchev–Trinajstić information content (AvgIpc) is 2.62. The predicted molar refractivity (Wildman–Crippen MR) is 66.4 cm³/mol. The normalized spacial score (nSPS) is 11.9. The molecule has 1 N–H and O–H groups in total. The van der Waals surface area contributed by atoms with Crippen molar-refractivity contribution in [3.63, 3.8) is 0 Å². The lowest BCUT2D eigenvalue weighted by Crippen LogP contribution is -1.92. The first kappa shape index (κ1) is 10.3. The summed E-state index contributed by atoms with van der Waals surface area (Å²) in [5, 5.41) is 11.7. The molecule has 1 heterocycles. The molecule has 1 aromatic heterocycles. The average molecular weight is 236 g/mol. The highest BCUT2D eigenvalue weighted by atomic mass is 32.1. The van der Waals surface area contributed by atoms with Crippen molar-refractivity contribution in [3.05, 3.63) is 40.1 Å². The smallest absolute Gasteiger partial charge is 0.341 e. The SMILES string of the molecule is O=C(O)/C(S)=C/c1csc2ccccc12. The van der Waals surface area contributed by atoms with Gasteiger partial charge in [0.15, 0.2) is 0 Å². The van der Waals surface area contributed by atoms with Gasteiger partial charge in [0.1, 0.15) is 0 Å². The summed E-state index contributed by atoms with van der Waals surface area (Å²) in [5.41, 5.74) is 0.906. The Kier molecular flexibility index (Phi) is 2.79. The Morgan fingerprint density at radius 3 is 2.87 bits per heavy atom. The minimum Gasteiger partial charge on any atom is -0.477 e. The maximum Gasteiger partial charge on any atom is 0.341 e. The molecule has 0 saturated carbocycles. The van der Waals surface area contributed by atoms with E-state index in [0.717, 1.165) is 15.6 Å². The van der Waals surface area contributed by atoms with Crippen LogP contribution in [0.5, 0.6) is 0 Å². The Labute approximate surface area is 96.3 Å². The first-order valence-electron chi connectivity index (χ1n) is 4.28. The molecule has 0 bridgehead atoms. The van der Waals surface area contributed by atoms with Gasteiger partial charge in [-0.3, -0.25) is 0 Å². The third kappa shape index (κ3) is 2.06. The number of hydrogen-bond acceptors (Lipinski definition) is 3. The third-order valence-corrected chi connectivity index (χ3v) is 3.32. The molecule has 76 valence electrons. The van der Waals surface area contributed by atoms with E-state index in [-0.39, 0.29) is 4.91 Å². The second kappa shape index (κ2) is 4.08. The van der Waals surface area contributed by atoms with E-state index in [9.17, 15) is 4.79 Å². The van der Waals surface area contributed by atoms with Gasteiger partial charge in [0.2, 0.25) is 0 Å². The van der Waals surface area contributed by atoms with Crippen molar-refractivity contribution in [2.24, 2.45) is 0 Å². The van der Waals surface area contributed by atoms with Gasteiger partial charge in [0.25, 0.3) is 0 Å². The molecule has 2 nitrogen and oxygen atoms in total. The Morgan fingerprint density at radius 1 is 1.40 bits per heavy atom. The van der Waals surface area contributed by atoms with Crippen LogP contribution in [0.2, 0.25) is 0 Å². The Balaban J connectivity index is 2.54. The Morgan fingerprint density at radius 2 is 2.13 bits per heavy atom. The van der Waals surface area contributed by atoms with E-state index in [2.05, 4.69) is 12.6 Å². The number of aliphatic carboxylic acids is 1. The maximum atomic E-state index is 10.6. The van der Waals surface area contributed by atoms with Crippen molar-refractivity contribution < 1.29 is 9.90 Å². The second-order valence-electron chi connectivity index (χ2n) is 3.02. The summed E-state index contributed by atoms with van der Waals surface area (Å²) in [7, 11) is 0. The van der Waals surface area contributed by atoms with Gasteiger partial charge in [-0.1, -0.05) is 18.2 Å². The fraction of sp³-hybridized carbons (Fsp3) is 0. The van der Waals surface area contributed by atoms with Gasteiger partial charge in [-0.2, -0.15) is 0 Å². The zero-order valence-corrected chi connectivity index (χ0v) is 9.39. The Bertz CT molecular complexity index is 540. The van der Waals surface area contributed by atoms with Gasteiger partial charge < -0.3 is 5.11 Å². The molecule has 0 spiro atoms. The fourth-order valence-corrected chi connectivity index (χ4v) is 2.38. The van der Waals surface area contributed by atoms with Crippen molar-refractivity contribution in [1.82, 2.24) is 0 Å². The molecule has 2 rings (SSSR count). The minimum absolute atomic E-state index is 0.0542. The van der Waals surface area contributed by atoms with E-state index in [1.807, 2.05) is 29.6 Å². The number of carboxylic acids is 1. The first-order chi connectivity index (χ1) is 7.18. The molecular weight excluding hydrogens is 228 g/mol. The molecule has 0 radical (unpaired) electrons. The van der Waals surface area contributed by atoms with Crippen LogP contribution in [0, 0.1) is 0 Å². The highest BCUT2D eigenvalue weighted by Gasteiger charge is 2.04. The van der Waals surface area contributed by atoms with Crippen LogP contribution in [0.25, 0.3) is 16.2 Å². The number of thiol groups is 1. The molecule has 4 heteroatoms. The van der Waals surface area contributed by atoms with Gasteiger partial charge in [-0.15, -0.1) is 24.0 Å². The van der Waals surface area contributed by atoms with Crippen molar-refractivity contribution >= 4 is 46.1 Å². The van der Waals surface area contributed by atoms with Crippen LogP contribution in [-0.4, -0.2) is 11.1 Å². The van der Waals surface area contributed by atoms with Crippen LogP contribution in [0.1, 0.15) is 5.56 Å². The van der Waals surface area contributed by atoms with E-state index >= 15 is 0 Å². The maximum absolute atomic E-state index is 10.6. The van der Waals surface area contributed by atoms with Gasteiger partial charge in [-0.25, -0.2) is 4.79 Å². The largest absolute Gasteiger partial charge is 0.477 e. The van der Waals surface area contributed by atoms with E-state index < -0.39 is 5.97 Å². The van der Waals surface area contributed by atoms with Gasteiger partial charge in [-0.05, 0) is 28.5 Å². The summed E-state index contributed by atoms with van der Waals surface area (Å²) in [5.74, 6) is -1.01. The summed E-state index contributed by atoms with van der Waals surface area (Å²) >= 11 is 5.50.